The van der Waals surface area contributed by atoms with Crippen LogP contribution in [0.2, 0.25) is 0 Å². The van der Waals surface area contributed by atoms with Gasteiger partial charge in [-0.05, 0) is 80.4 Å². The Bertz CT molecular complexity index is 1260. The Hall–Kier alpha value is -3.15. The van der Waals surface area contributed by atoms with Crippen molar-refractivity contribution in [3.05, 3.63) is 88.8 Å². The van der Waals surface area contributed by atoms with Gasteiger partial charge in [-0.1, -0.05) is 30.4 Å². The highest BCUT2D eigenvalue weighted by Gasteiger charge is 2.23. The van der Waals surface area contributed by atoms with Gasteiger partial charge in [0.15, 0.2) is 5.78 Å². The molecule has 5 heteroatoms. The molecule has 1 saturated heterocycles. The molecule has 0 amide bonds. The number of nitrogens with zero attached hydrogens (tertiary/aromatic N) is 1. The molecule has 0 bridgehead atoms. The Balaban J connectivity index is 1.42. The number of hydrogen-bond donors (Lipinski definition) is 0. The van der Waals surface area contributed by atoms with E-state index in [-0.39, 0.29) is 5.78 Å². The lowest BCUT2D eigenvalue weighted by Gasteiger charge is -2.15. The van der Waals surface area contributed by atoms with Gasteiger partial charge in [-0.15, -0.1) is 11.3 Å². The van der Waals surface area contributed by atoms with Gasteiger partial charge in [0.2, 0.25) is 0 Å². The molecular formula is C29H29NO3S. The van der Waals surface area contributed by atoms with Gasteiger partial charge in [-0.2, -0.15) is 0 Å². The molecule has 0 radical (unpaired) electrons. The molecule has 34 heavy (non-hydrogen) atoms. The van der Waals surface area contributed by atoms with Crippen LogP contribution in [0.15, 0.2) is 72.8 Å². The molecule has 0 unspecified atom stereocenters. The highest BCUT2D eigenvalue weighted by molar-refractivity contribution is 7.20. The summed E-state index contributed by atoms with van der Waals surface area (Å²) < 4.78 is 12.4. The van der Waals surface area contributed by atoms with Crippen molar-refractivity contribution in [2.75, 3.05) is 33.4 Å². The standard InChI is InChI=1S/C29H29NO3S/c1-32-24-14-15-25-26(20-24)34-29(22-8-4-2-3-5-9-22)27(25)28(31)21-10-12-23(13-11-21)33-19-18-30-16-6-7-17-30/h2-5,8,10-15,20H,6-7,9,16-19H2,1H3. The fourth-order valence-corrected chi connectivity index (χ4v) is 5.81. The van der Waals surface area contributed by atoms with E-state index in [0.717, 1.165) is 50.6 Å². The van der Waals surface area contributed by atoms with Crippen molar-refractivity contribution in [1.29, 1.82) is 0 Å². The first-order chi connectivity index (χ1) is 16.7. The molecule has 1 aliphatic carbocycles. The number of fused-ring (bicyclic) bond motifs is 1. The summed E-state index contributed by atoms with van der Waals surface area (Å²) in [5, 5.41) is 0.967. The highest BCUT2D eigenvalue weighted by Crippen LogP contribution is 2.40. The average molecular weight is 472 g/mol. The number of methoxy groups -OCH3 is 1. The largest absolute Gasteiger partial charge is 0.497 e. The number of hydrogen-bond acceptors (Lipinski definition) is 5. The van der Waals surface area contributed by atoms with E-state index in [1.165, 1.54) is 25.9 Å². The Morgan fingerprint density at radius 1 is 1.00 bits per heavy atom. The van der Waals surface area contributed by atoms with Gasteiger partial charge in [0.25, 0.3) is 0 Å². The van der Waals surface area contributed by atoms with Gasteiger partial charge in [-0.25, -0.2) is 0 Å². The number of ketones is 1. The maximum absolute atomic E-state index is 13.8. The number of benzene rings is 2. The molecule has 1 fully saturated rings. The van der Waals surface area contributed by atoms with Crippen LogP contribution in [0.5, 0.6) is 11.5 Å². The fourth-order valence-electron chi connectivity index (χ4n) is 4.55. The molecule has 2 heterocycles. The van der Waals surface area contributed by atoms with Crippen LogP contribution in [0.3, 0.4) is 0 Å². The summed E-state index contributed by atoms with van der Waals surface area (Å²) in [5.41, 5.74) is 2.58. The van der Waals surface area contributed by atoms with Crippen LogP contribution in [-0.2, 0) is 0 Å². The smallest absolute Gasteiger partial charge is 0.195 e. The zero-order chi connectivity index (χ0) is 23.3. The molecule has 1 aromatic heterocycles. The third-order valence-corrected chi connectivity index (χ3v) is 7.63. The van der Waals surface area contributed by atoms with Crippen LogP contribution in [-0.4, -0.2) is 44.0 Å². The predicted molar refractivity (Wildman–Crippen MR) is 140 cm³/mol. The summed E-state index contributed by atoms with van der Waals surface area (Å²) in [6.45, 7) is 3.96. The second kappa shape index (κ2) is 10.4. The van der Waals surface area contributed by atoms with Crippen molar-refractivity contribution in [2.45, 2.75) is 19.3 Å². The first kappa shape index (κ1) is 22.6. The van der Waals surface area contributed by atoms with Crippen LogP contribution >= 0.6 is 11.3 Å². The third kappa shape index (κ3) is 4.86. The second-order valence-corrected chi connectivity index (χ2v) is 9.68. The Kier molecular flexibility index (Phi) is 6.93. The van der Waals surface area contributed by atoms with Crippen LogP contribution in [0.1, 0.15) is 40.1 Å². The molecule has 0 atom stereocenters. The fraction of sp³-hybridized carbons (Fsp3) is 0.276. The minimum Gasteiger partial charge on any atom is -0.497 e. The lowest BCUT2D eigenvalue weighted by Crippen LogP contribution is -2.25. The van der Waals surface area contributed by atoms with Gasteiger partial charge >= 0.3 is 0 Å². The van der Waals surface area contributed by atoms with Gasteiger partial charge in [0.05, 0.1) is 7.11 Å². The molecular weight excluding hydrogens is 442 g/mol. The number of carbonyl (C=O) groups excluding carboxylic acids is 1. The lowest BCUT2D eigenvalue weighted by molar-refractivity contribution is 0.104. The molecule has 5 rings (SSSR count). The van der Waals surface area contributed by atoms with E-state index < -0.39 is 0 Å². The van der Waals surface area contributed by atoms with E-state index in [1.807, 2.05) is 60.7 Å². The number of likely N-dealkylation sites (tertiary alicyclic amines) is 1. The number of allylic oxidation sites excluding steroid dienone is 6. The van der Waals surface area contributed by atoms with E-state index in [4.69, 9.17) is 9.47 Å². The second-order valence-electron chi connectivity index (χ2n) is 8.63. The summed E-state index contributed by atoms with van der Waals surface area (Å²) in [4.78, 5) is 17.2. The van der Waals surface area contributed by atoms with Crippen molar-refractivity contribution in [1.82, 2.24) is 4.90 Å². The van der Waals surface area contributed by atoms with E-state index in [1.54, 1.807) is 18.4 Å². The molecule has 2 aliphatic rings. The predicted octanol–water partition coefficient (Wildman–Crippen LogP) is 6.52. The van der Waals surface area contributed by atoms with E-state index in [2.05, 4.69) is 17.1 Å². The number of thiophene rings is 1. The maximum atomic E-state index is 13.8. The summed E-state index contributed by atoms with van der Waals surface area (Å²) >= 11 is 1.65. The van der Waals surface area contributed by atoms with Crippen LogP contribution in [0.25, 0.3) is 15.7 Å². The van der Waals surface area contributed by atoms with Crippen LogP contribution in [0.4, 0.5) is 0 Å². The van der Waals surface area contributed by atoms with E-state index >= 15 is 0 Å². The average Bonchev–Trinajstić information content (AvgIpc) is 3.43. The summed E-state index contributed by atoms with van der Waals surface area (Å²) in [7, 11) is 1.67. The first-order valence-corrected chi connectivity index (χ1v) is 12.7. The monoisotopic (exact) mass is 471 g/mol. The number of rotatable bonds is 8. The lowest BCUT2D eigenvalue weighted by atomic mass is 9.96. The Labute approximate surface area is 204 Å². The van der Waals surface area contributed by atoms with Gasteiger partial charge in [0.1, 0.15) is 18.1 Å². The number of ether oxygens (including phenoxy) is 2. The van der Waals surface area contributed by atoms with Crippen molar-refractivity contribution in [3.63, 3.8) is 0 Å². The van der Waals surface area contributed by atoms with Crippen LogP contribution < -0.4 is 9.47 Å². The van der Waals surface area contributed by atoms with Crippen molar-refractivity contribution >= 4 is 32.8 Å². The van der Waals surface area contributed by atoms with Crippen molar-refractivity contribution in [3.8, 4) is 11.5 Å². The Morgan fingerprint density at radius 3 is 2.59 bits per heavy atom. The molecule has 2 aromatic carbocycles. The normalized spacial score (nSPS) is 16.0. The molecule has 4 nitrogen and oxygen atoms in total. The van der Waals surface area contributed by atoms with Crippen LogP contribution in [0, 0.1) is 0 Å². The molecule has 174 valence electrons. The minimum absolute atomic E-state index is 0.0353. The van der Waals surface area contributed by atoms with E-state index in [0.29, 0.717) is 12.2 Å². The third-order valence-electron chi connectivity index (χ3n) is 6.40. The van der Waals surface area contributed by atoms with Crippen molar-refractivity contribution in [2.24, 2.45) is 0 Å². The van der Waals surface area contributed by atoms with Gasteiger partial charge in [-0.3, -0.25) is 9.69 Å². The van der Waals surface area contributed by atoms with E-state index in [9.17, 15) is 4.79 Å². The minimum atomic E-state index is 0.0353. The molecule has 1 aliphatic heterocycles. The summed E-state index contributed by atoms with van der Waals surface area (Å²) in [6.07, 6.45) is 13.7. The molecule has 0 saturated carbocycles. The quantitative estimate of drug-likeness (QED) is 0.351. The van der Waals surface area contributed by atoms with Crippen molar-refractivity contribution < 1.29 is 14.3 Å². The summed E-state index contributed by atoms with van der Waals surface area (Å²) in [6, 6.07) is 13.5. The first-order valence-electron chi connectivity index (χ1n) is 11.9. The SMILES string of the molecule is COc1ccc2c(C(=O)c3ccc(OCCN4CCCC4)cc3)c(C3=CC=CC=CC3)sc2c1. The molecule has 3 aromatic rings. The highest BCUT2D eigenvalue weighted by atomic mass is 32.1. The molecule has 0 spiro atoms. The zero-order valence-electron chi connectivity index (χ0n) is 19.5. The molecule has 0 N–H and O–H groups in total. The maximum Gasteiger partial charge on any atom is 0.195 e. The number of carbonyl (C=O) groups is 1. The Morgan fingerprint density at radius 2 is 1.79 bits per heavy atom. The topological polar surface area (TPSA) is 38.8 Å². The van der Waals surface area contributed by atoms with Gasteiger partial charge < -0.3 is 9.47 Å². The summed E-state index contributed by atoms with van der Waals surface area (Å²) in [5.74, 6) is 1.63. The van der Waals surface area contributed by atoms with Gasteiger partial charge in [0, 0.05) is 32.6 Å². The zero-order valence-corrected chi connectivity index (χ0v) is 20.3.